The van der Waals surface area contributed by atoms with E-state index in [9.17, 15) is 0 Å². The molecule has 0 unspecified atom stereocenters. The average Bonchev–Trinajstić information content (AvgIpc) is 2.39. The maximum atomic E-state index is 5.19. The molecule has 0 radical (unpaired) electrons. The van der Waals surface area contributed by atoms with Crippen molar-refractivity contribution in [1.82, 2.24) is 0 Å². The molecule has 0 N–H and O–H groups in total. The first-order valence-electron chi connectivity index (χ1n) is 4.10. The molecule has 1 aliphatic rings. The summed E-state index contributed by atoms with van der Waals surface area (Å²) in [6, 6.07) is 0. The van der Waals surface area contributed by atoms with Gasteiger partial charge in [0, 0.05) is 0 Å². The summed E-state index contributed by atoms with van der Waals surface area (Å²) in [6.45, 7) is 10.1. The fraction of sp³-hybridized carbons (Fsp3) is 0.778. The second-order valence-corrected chi connectivity index (χ2v) is 2.23. The molecule has 0 saturated carbocycles. The quantitative estimate of drug-likeness (QED) is 0.511. The van der Waals surface area contributed by atoms with Crippen LogP contribution >= 0.6 is 0 Å². The van der Waals surface area contributed by atoms with Gasteiger partial charge in [-0.15, -0.1) is 0 Å². The molecule has 60 valence electrons. The van der Waals surface area contributed by atoms with E-state index in [0.29, 0.717) is 0 Å². The largest absolute Gasteiger partial charge is 0.373 e. The van der Waals surface area contributed by atoms with Crippen molar-refractivity contribution in [1.29, 1.82) is 0 Å². The van der Waals surface area contributed by atoms with Crippen LogP contribution in [0.15, 0.2) is 11.1 Å². The highest BCUT2D eigenvalue weighted by Crippen LogP contribution is 2.15. The highest BCUT2D eigenvalue weighted by molar-refractivity contribution is 5.16. The van der Waals surface area contributed by atoms with Crippen molar-refractivity contribution in [3.8, 4) is 0 Å². The second-order valence-electron chi connectivity index (χ2n) is 2.23. The summed E-state index contributed by atoms with van der Waals surface area (Å²) >= 11 is 0. The molecule has 0 amide bonds. The minimum atomic E-state index is 0.864. The maximum Gasteiger partial charge on any atom is 0.0684 e. The van der Waals surface area contributed by atoms with Gasteiger partial charge in [0.25, 0.3) is 0 Å². The van der Waals surface area contributed by atoms with Crippen LogP contribution in [0.3, 0.4) is 0 Å². The molecular weight excluding hydrogens is 124 g/mol. The molecule has 1 heterocycles. The van der Waals surface area contributed by atoms with E-state index in [2.05, 4.69) is 13.8 Å². The lowest BCUT2D eigenvalue weighted by Crippen LogP contribution is -1.83. The average molecular weight is 142 g/mol. The molecule has 0 fully saturated rings. The van der Waals surface area contributed by atoms with Gasteiger partial charge in [-0.1, -0.05) is 20.8 Å². The van der Waals surface area contributed by atoms with Crippen molar-refractivity contribution in [2.24, 2.45) is 0 Å². The van der Waals surface area contributed by atoms with Gasteiger partial charge in [0.15, 0.2) is 0 Å². The minimum Gasteiger partial charge on any atom is -0.373 e. The van der Waals surface area contributed by atoms with Crippen LogP contribution in [0.4, 0.5) is 0 Å². The molecule has 0 aliphatic carbocycles. The summed E-state index contributed by atoms with van der Waals surface area (Å²) < 4.78 is 5.19. The van der Waals surface area contributed by atoms with Crippen LogP contribution in [0.5, 0.6) is 0 Å². The molecule has 1 aliphatic heterocycles. The van der Waals surface area contributed by atoms with E-state index in [-0.39, 0.29) is 0 Å². The van der Waals surface area contributed by atoms with E-state index in [1.807, 2.05) is 13.8 Å². The first-order chi connectivity index (χ1) is 4.84. The Morgan fingerprint density at radius 1 is 1.30 bits per heavy atom. The van der Waals surface area contributed by atoms with Gasteiger partial charge >= 0.3 is 0 Å². The lowest BCUT2D eigenvalue weighted by Gasteiger charge is -1.92. The highest BCUT2D eigenvalue weighted by Gasteiger charge is 2.07. The summed E-state index contributed by atoms with van der Waals surface area (Å²) in [5.74, 6) is 0. The highest BCUT2D eigenvalue weighted by atomic mass is 16.5. The minimum absolute atomic E-state index is 0.864. The molecular formula is C9H18O. The molecule has 0 spiro atoms. The third-order valence-corrected chi connectivity index (χ3v) is 1.63. The van der Waals surface area contributed by atoms with Gasteiger partial charge in [0.2, 0.25) is 0 Å². The van der Waals surface area contributed by atoms with Crippen LogP contribution in [-0.2, 0) is 4.74 Å². The van der Waals surface area contributed by atoms with Gasteiger partial charge in [0.05, 0.1) is 13.2 Å². The van der Waals surface area contributed by atoms with E-state index in [0.717, 1.165) is 19.6 Å². The molecule has 10 heavy (non-hydrogen) atoms. The smallest absolute Gasteiger partial charge is 0.0684 e. The SMILES string of the molecule is CC.CCC1=C(C)COC1. The van der Waals surface area contributed by atoms with Gasteiger partial charge in [-0.05, 0) is 24.5 Å². The fourth-order valence-corrected chi connectivity index (χ4v) is 0.956. The maximum absolute atomic E-state index is 5.19. The third kappa shape index (κ3) is 2.53. The molecule has 1 rings (SSSR count). The Labute approximate surface area is 64.1 Å². The molecule has 0 bridgehead atoms. The summed E-state index contributed by atoms with van der Waals surface area (Å²) in [5.41, 5.74) is 2.93. The summed E-state index contributed by atoms with van der Waals surface area (Å²) in [7, 11) is 0. The standard InChI is InChI=1S/C7H12O.C2H6/c1-3-7-5-8-4-6(7)2;1-2/h3-5H2,1-2H3;1-2H3. The lowest BCUT2D eigenvalue weighted by atomic mass is 10.1. The zero-order chi connectivity index (χ0) is 7.98. The van der Waals surface area contributed by atoms with Crippen LogP contribution in [0, 0.1) is 0 Å². The van der Waals surface area contributed by atoms with E-state index in [4.69, 9.17) is 4.74 Å². The van der Waals surface area contributed by atoms with Crippen molar-refractivity contribution in [2.75, 3.05) is 13.2 Å². The molecule has 0 aromatic carbocycles. The summed E-state index contributed by atoms with van der Waals surface area (Å²) in [5, 5.41) is 0. The summed E-state index contributed by atoms with van der Waals surface area (Å²) in [6.07, 6.45) is 1.16. The lowest BCUT2D eigenvalue weighted by molar-refractivity contribution is 0.203. The molecule has 0 aromatic heterocycles. The Balaban J connectivity index is 0.000000371. The predicted molar refractivity (Wildman–Crippen MR) is 45.2 cm³/mol. The Hall–Kier alpha value is -0.300. The predicted octanol–water partition coefficient (Wildman–Crippen LogP) is 2.77. The van der Waals surface area contributed by atoms with Crippen molar-refractivity contribution in [3.05, 3.63) is 11.1 Å². The van der Waals surface area contributed by atoms with E-state index in [1.165, 1.54) is 11.1 Å². The third-order valence-electron chi connectivity index (χ3n) is 1.63. The van der Waals surface area contributed by atoms with Crippen molar-refractivity contribution >= 4 is 0 Å². The number of ether oxygens (including phenoxy) is 1. The van der Waals surface area contributed by atoms with Gasteiger partial charge in [0.1, 0.15) is 0 Å². The monoisotopic (exact) mass is 142 g/mol. The van der Waals surface area contributed by atoms with Crippen molar-refractivity contribution < 1.29 is 4.74 Å². The van der Waals surface area contributed by atoms with E-state index < -0.39 is 0 Å². The first kappa shape index (κ1) is 9.70. The first-order valence-corrected chi connectivity index (χ1v) is 4.10. The fourth-order valence-electron chi connectivity index (χ4n) is 0.956. The van der Waals surface area contributed by atoms with Gasteiger partial charge in [-0.2, -0.15) is 0 Å². The van der Waals surface area contributed by atoms with Crippen LogP contribution < -0.4 is 0 Å². The molecule has 0 aromatic rings. The zero-order valence-corrected chi connectivity index (χ0v) is 7.53. The van der Waals surface area contributed by atoms with E-state index in [1.54, 1.807) is 0 Å². The van der Waals surface area contributed by atoms with Gasteiger partial charge in [-0.3, -0.25) is 0 Å². The van der Waals surface area contributed by atoms with Crippen LogP contribution in [-0.4, -0.2) is 13.2 Å². The van der Waals surface area contributed by atoms with Crippen LogP contribution in [0.1, 0.15) is 34.1 Å². The molecule has 0 saturated heterocycles. The summed E-state index contributed by atoms with van der Waals surface area (Å²) in [4.78, 5) is 0. The van der Waals surface area contributed by atoms with E-state index >= 15 is 0 Å². The van der Waals surface area contributed by atoms with Crippen LogP contribution in [0.2, 0.25) is 0 Å². The van der Waals surface area contributed by atoms with Gasteiger partial charge in [-0.25, -0.2) is 0 Å². The Kier molecular flexibility index (Phi) is 5.32. The zero-order valence-electron chi connectivity index (χ0n) is 7.53. The molecule has 1 heteroatoms. The number of hydrogen-bond donors (Lipinski definition) is 0. The molecule has 1 nitrogen and oxygen atoms in total. The van der Waals surface area contributed by atoms with Crippen molar-refractivity contribution in [2.45, 2.75) is 34.1 Å². The number of rotatable bonds is 1. The van der Waals surface area contributed by atoms with Crippen LogP contribution in [0.25, 0.3) is 0 Å². The van der Waals surface area contributed by atoms with Gasteiger partial charge < -0.3 is 4.74 Å². The molecule has 0 atom stereocenters. The number of hydrogen-bond acceptors (Lipinski definition) is 1. The normalized spacial score (nSPS) is 16.8. The van der Waals surface area contributed by atoms with Crippen molar-refractivity contribution in [3.63, 3.8) is 0 Å². The Bertz CT molecular complexity index is 114. The topological polar surface area (TPSA) is 9.23 Å². The second kappa shape index (κ2) is 5.48. The Morgan fingerprint density at radius 2 is 1.90 bits per heavy atom. The Morgan fingerprint density at radius 3 is 2.10 bits per heavy atom.